The minimum absolute atomic E-state index is 0.0881. The van der Waals surface area contributed by atoms with Crippen LogP contribution in [0.1, 0.15) is 32.1 Å². The molecule has 3 fully saturated rings. The fraction of sp³-hybridized carbons (Fsp3) is 0.917. The molecule has 16 heavy (non-hydrogen) atoms. The van der Waals surface area contributed by atoms with E-state index in [1.807, 2.05) is 0 Å². The lowest BCUT2D eigenvalue weighted by molar-refractivity contribution is -0.129. The van der Waals surface area contributed by atoms with Crippen LogP contribution in [0.25, 0.3) is 0 Å². The second kappa shape index (κ2) is 4.30. The maximum absolute atomic E-state index is 12.0. The number of halogens is 1. The first-order valence-electron chi connectivity index (χ1n) is 6.46. The molecule has 0 aromatic rings. The van der Waals surface area contributed by atoms with Crippen molar-refractivity contribution in [3.8, 4) is 0 Å². The number of amides is 1. The summed E-state index contributed by atoms with van der Waals surface area (Å²) in [6.45, 7) is 3.41. The predicted octanol–water partition coefficient (Wildman–Crippen LogP) is 1.61. The lowest BCUT2D eigenvalue weighted by Gasteiger charge is -2.36. The number of piperidine rings is 1. The van der Waals surface area contributed by atoms with E-state index >= 15 is 0 Å². The van der Waals surface area contributed by atoms with Gasteiger partial charge >= 0.3 is 0 Å². The molecule has 3 aliphatic heterocycles. The van der Waals surface area contributed by atoms with Gasteiger partial charge in [-0.25, -0.2) is 0 Å². The number of likely N-dealkylation sites (tertiary alicyclic amines) is 1. The van der Waals surface area contributed by atoms with Gasteiger partial charge in [0.05, 0.1) is 4.83 Å². The van der Waals surface area contributed by atoms with Gasteiger partial charge in [0.1, 0.15) is 0 Å². The van der Waals surface area contributed by atoms with Crippen molar-refractivity contribution >= 4 is 21.8 Å². The van der Waals surface area contributed by atoms with Gasteiger partial charge in [-0.1, -0.05) is 22.4 Å². The molecule has 3 heterocycles. The van der Waals surface area contributed by atoms with Gasteiger partial charge in [0.25, 0.3) is 0 Å². The SMILES string of the molecule is O=C1C(Br)CCN1C1CCN2CCCCC12. The number of hydrogen-bond donors (Lipinski definition) is 0. The highest BCUT2D eigenvalue weighted by Gasteiger charge is 2.43. The maximum Gasteiger partial charge on any atom is 0.236 e. The Balaban J connectivity index is 1.73. The standard InChI is InChI=1S/C12H19BrN2O/c13-9-4-8-15(12(9)16)11-5-7-14-6-2-1-3-10(11)14/h9-11H,1-8H2. The summed E-state index contributed by atoms with van der Waals surface area (Å²) in [6, 6.07) is 1.17. The molecule has 0 aromatic heterocycles. The molecule has 4 heteroatoms. The van der Waals surface area contributed by atoms with Gasteiger partial charge in [0, 0.05) is 25.2 Å². The van der Waals surface area contributed by atoms with Gasteiger partial charge in [-0.15, -0.1) is 0 Å². The fourth-order valence-electron chi connectivity index (χ4n) is 3.58. The van der Waals surface area contributed by atoms with Crippen molar-refractivity contribution in [2.45, 2.75) is 49.0 Å². The first-order chi connectivity index (χ1) is 7.77. The van der Waals surface area contributed by atoms with Crippen molar-refractivity contribution in [2.24, 2.45) is 0 Å². The number of rotatable bonds is 1. The van der Waals surface area contributed by atoms with E-state index in [4.69, 9.17) is 0 Å². The molecule has 1 amide bonds. The summed E-state index contributed by atoms with van der Waals surface area (Å²) in [5.74, 6) is 0.331. The summed E-state index contributed by atoms with van der Waals surface area (Å²) < 4.78 is 0. The molecule has 0 N–H and O–H groups in total. The van der Waals surface area contributed by atoms with Crippen molar-refractivity contribution in [2.75, 3.05) is 19.6 Å². The van der Waals surface area contributed by atoms with Crippen LogP contribution in [0.2, 0.25) is 0 Å². The van der Waals surface area contributed by atoms with Gasteiger partial charge in [0.15, 0.2) is 0 Å². The highest BCUT2D eigenvalue weighted by molar-refractivity contribution is 9.10. The lowest BCUT2D eigenvalue weighted by atomic mass is 9.98. The van der Waals surface area contributed by atoms with Crippen LogP contribution < -0.4 is 0 Å². The molecule has 3 unspecified atom stereocenters. The number of nitrogens with zero attached hydrogens (tertiary/aromatic N) is 2. The Morgan fingerprint density at radius 1 is 1.00 bits per heavy atom. The summed E-state index contributed by atoms with van der Waals surface area (Å²) in [5, 5.41) is 0. The quantitative estimate of drug-likeness (QED) is 0.684. The Kier molecular flexibility index (Phi) is 2.96. The number of hydrogen-bond acceptors (Lipinski definition) is 2. The smallest absolute Gasteiger partial charge is 0.236 e. The van der Waals surface area contributed by atoms with Gasteiger partial charge in [0.2, 0.25) is 5.91 Å². The molecule has 3 saturated heterocycles. The molecule has 0 bridgehead atoms. The van der Waals surface area contributed by atoms with Crippen molar-refractivity contribution in [1.82, 2.24) is 9.80 Å². The van der Waals surface area contributed by atoms with Gasteiger partial charge < -0.3 is 4.90 Å². The number of alkyl halides is 1. The minimum Gasteiger partial charge on any atom is -0.337 e. The van der Waals surface area contributed by atoms with Crippen LogP contribution in [0.15, 0.2) is 0 Å². The monoisotopic (exact) mass is 286 g/mol. The third-order valence-electron chi connectivity index (χ3n) is 4.40. The van der Waals surface area contributed by atoms with Crippen LogP contribution in [0, 0.1) is 0 Å². The zero-order chi connectivity index (χ0) is 11.1. The van der Waals surface area contributed by atoms with E-state index < -0.39 is 0 Å². The van der Waals surface area contributed by atoms with E-state index in [-0.39, 0.29) is 4.83 Å². The first kappa shape index (κ1) is 11.0. The van der Waals surface area contributed by atoms with Crippen LogP contribution >= 0.6 is 15.9 Å². The highest BCUT2D eigenvalue weighted by atomic mass is 79.9. The Hall–Kier alpha value is -0.0900. The Morgan fingerprint density at radius 3 is 2.62 bits per heavy atom. The predicted molar refractivity (Wildman–Crippen MR) is 66.7 cm³/mol. The summed E-state index contributed by atoms with van der Waals surface area (Å²) in [6.07, 6.45) is 6.16. The summed E-state index contributed by atoms with van der Waals surface area (Å²) in [7, 11) is 0. The summed E-state index contributed by atoms with van der Waals surface area (Å²) >= 11 is 3.47. The second-order valence-corrected chi connectivity index (χ2v) is 6.35. The summed E-state index contributed by atoms with van der Waals surface area (Å²) in [5.41, 5.74) is 0. The van der Waals surface area contributed by atoms with E-state index in [2.05, 4.69) is 25.7 Å². The van der Waals surface area contributed by atoms with Crippen molar-refractivity contribution < 1.29 is 4.79 Å². The fourth-order valence-corrected chi connectivity index (χ4v) is 4.05. The molecular weight excluding hydrogens is 268 g/mol. The maximum atomic E-state index is 12.0. The van der Waals surface area contributed by atoms with E-state index in [1.54, 1.807) is 0 Å². The van der Waals surface area contributed by atoms with Crippen LogP contribution in [0.5, 0.6) is 0 Å². The topological polar surface area (TPSA) is 23.6 Å². The Bertz CT molecular complexity index is 297. The van der Waals surface area contributed by atoms with Gasteiger partial charge in [-0.05, 0) is 32.2 Å². The molecule has 0 aromatic carbocycles. The third kappa shape index (κ3) is 1.70. The number of fused-ring (bicyclic) bond motifs is 1. The zero-order valence-corrected chi connectivity index (χ0v) is 11.2. The Labute approximate surface area is 105 Å². The molecule has 0 saturated carbocycles. The average molecular weight is 287 g/mol. The zero-order valence-electron chi connectivity index (χ0n) is 9.57. The van der Waals surface area contributed by atoms with E-state index in [0.29, 0.717) is 18.0 Å². The lowest BCUT2D eigenvalue weighted by Crippen LogP contribution is -2.48. The molecule has 0 spiro atoms. The molecule has 3 atom stereocenters. The van der Waals surface area contributed by atoms with Crippen LogP contribution in [0.4, 0.5) is 0 Å². The second-order valence-electron chi connectivity index (χ2n) is 5.24. The van der Waals surface area contributed by atoms with E-state index in [9.17, 15) is 4.79 Å². The van der Waals surface area contributed by atoms with Gasteiger partial charge in [-0.2, -0.15) is 0 Å². The van der Waals surface area contributed by atoms with E-state index in [0.717, 1.165) is 13.0 Å². The first-order valence-corrected chi connectivity index (χ1v) is 7.37. The van der Waals surface area contributed by atoms with Gasteiger partial charge in [-0.3, -0.25) is 9.69 Å². The van der Waals surface area contributed by atoms with Crippen molar-refractivity contribution in [3.63, 3.8) is 0 Å². The molecule has 90 valence electrons. The molecule has 3 aliphatic rings. The molecule has 3 rings (SSSR count). The molecule has 3 nitrogen and oxygen atoms in total. The van der Waals surface area contributed by atoms with Crippen LogP contribution in [-0.4, -0.2) is 52.3 Å². The normalized spacial score (nSPS) is 40.4. The van der Waals surface area contributed by atoms with Crippen LogP contribution in [0.3, 0.4) is 0 Å². The molecular formula is C12H19BrN2O. The molecule has 0 radical (unpaired) electrons. The molecule has 0 aliphatic carbocycles. The number of carbonyl (C=O) groups is 1. The van der Waals surface area contributed by atoms with E-state index in [1.165, 1.54) is 38.8 Å². The highest BCUT2D eigenvalue weighted by Crippen LogP contribution is 2.33. The minimum atomic E-state index is 0.0881. The average Bonchev–Trinajstić information content (AvgIpc) is 2.85. The largest absolute Gasteiger partial charge is 0.337 e. The van der Waals surface area contributed by atoms with Crippen molar-refractivity contribution in [3.05, 3.63) is 0 Å². The summed E-state index contributed by atoms with van der Waals surface area (Å²) in [4.78, 5) is 16.9. The number of carbonyl (C=O) groups excluding carboxylic acids is 1. The van der Waals surface area contributed by atoms with Crippen molar-refractivity contribution in [1.29, 1.82) is 0 Å². The third-order valence-corrected chi connectivity index (χ3v) is 5.24. The van der Waals surface area contributed by atoms with Crippen LogP contribution in [-0.2, 0) is 4.79 Å². The Morgan fingerprint density at radius 2 is 1.88 bits per heavy atom.